The van der Waals surface area contributed by atoms with Gasteiger partial charge in [0.25, 0.3) is 0 Å². The van der Waals surface area contributed by atoms with Gasteiger partial charge in [0, 0.05) is 65.2 Å². The number of terminal acetylenes is 1. The van der Waals surface area contributed by atoms with Crippen molar-refractivity contribution in [3.8, 4) is 12.3 Å². The minimum Gasteiger partial charge on any atom is -0.469 e. The van der Waals surface area contributed by atoms with E-state index in [0.717, 1.165) is 0 Å². The summed E-state index contributed by atoms with van der Waals surface area (Å²) >= 11 is 0. The Labute approximate surface area is 190 Å². The van der Waals surface area contributed by atoms with Crippen molar-refractivity contribution in [3.05, 3.63) is 0 Å². The van der Waals surface area contributed by atoms with Crippen LogP contribution in [0.4, 0.5) is 0 Å². The Kier molecular flexibility index (Phi) is 18.5. The summed E-state index contributed by atoms with van der Waals surface area (Å²) in [6, 6.07) is 0. The van der Waals surface area contributed by atoms with E-state index < -0.39 is 0 Å². The lowest BCUT2D eigenvalue weighted by atomic mass is 10.3. The fourth-order valence-electron chi connectivity index (χ4n) is 2.51. The van der Waals surface area contributed by atoms with Gasteiger partial charge in [0.05, 0.1) is 33.6 Å². The first kappa shape index (κ1) is 29.3. The average Bonchev–Trinajstić information content (AvgIpc) is 2.79. The number of amides is 2. The predicted octanol–water partition coefficient (Wildman–Crippen LogP) is -1.76. The summed E-state index contributed by atoms with van der Waals surface area (Å²) < 4.78 is 9.08. The summed E-state index contributed by atoms with van der Waals surface area (Å²) in [6.45, 7) is 4.24. The van der Waals surface area contributed by atoms with Crippen LogP contribution < -0.4 is 21.3 Å². The van der Waals surface area contributed by atoms with E-state index in [1.54, 1.807) is 0 Å². The Hall–Kier alpha value is -2.68. The summed E-state index contributed by atoms with van der Waals surface area (Å²) in [6.07, 6.45) is 6.50. The van der Waals surface area contributed by atoms with Gasteiger partial charge in [0.1, 0.15) is 0 Å². The van der Waals surface area contributed by atoms with Gasteiger partial charge in [-0.05, 0) is 0 Å². The first-order valence-electron chi connectivity index (χ1n) is 10.7. The molecule has 0 aromatic carbocycles. The van der Waals surface area contributed by atoms with E-state index >= 15 is 0 Å². The van der Waals surface area contributed by atoms with Crippen LogP contribution in [0.3, 0.4) is 0 Å². The maximum Gasteiger partial charge on any atom is 0.306 e. The lowest BCUT2D eigenvalue weighted by molar-refractivity contribution is -0.141. The SMILES string of the molecule is C#CCN(CCC(=O)NCCNCCC(=O)OC)CCC(=O)NCCNCCC(=O)OC. The van der Waals surface area contributed by atoms with Crippen LogP contribution >= 0.6 is 0 Å². The topological polar surface area (TPSA) is 138 Å². The molecule has 0 aromatic heterocycles. The third kappa shape index (κ3) is 18.1. The quantitative estimate of drug-likeness (QED) is 0.101. The normalized spacial score (nSPS) is 10.3. The zero-order chi connectivity index (χ0) is 24.0. The standard InChI is InChI=1S/C21H37N5O6/c1-4-15-26(16-7-18(27)24-13-11-22-9-5-20(29)31-2)17-8-19(28)25-14-12-23-10-6-21(30)32-3/h1,22-23H,5-17H2,2-3H3,(H,24,27)(H,25,28). The Morgan fingerprint density at radius 1 is 0.719 bits per heavy atom. The van der Waals surface area contributed by atoms with E-state index in [9.17, 15) is 19.2 Å². The zero-order valence-corrected chi connectivity index (χ0v) is 19.2. The molecule has 0 spiro atoms. The Morgan fingerprint density at radius 2 is 1.16 bits per heavy atom. The van der Waals surface area contributed by atoms with Crippen LogP contribution in [0.15, 0.2) is 0 Å². The number of esters is 2. The Balaban J connectivity index is 3.86. The van der Waals surface area contributed by atoms with E-state index in [2.05, 4.69) is 36.7 Å². The summed E-state index contributed by atoms with van der Waals surface area (Å²) in [7, 11) is 2.68. The molecular weight excluding hydrogens is 418 g/mol. The highest BCUT2D eigenvalue weighted by Gasteiger charge is 2.10. The van der Waals surface area contributed by atoms with Crippen LogP contribution in [0.2, 0.25) is 0 Å². The molecule has 0 heterocycles. The van der Waals surface area contributed by atoms with Crippen molar-refractivity contribution in [2.24, 2.45) is 0 Å². The predicted molar refractivity (Wildman–Crippen MR) is 120 cm³/mol. The van der Waals surface area contributed by atoms with Gasteiger partial charge in [-0.25, -0.2) is 0 Å². The highest BCUT2D eigenvalue weighted by atomic mass is 16.5. The molecule has 0 aromatic rings. The van der Waals surface area contributed by atoms with Crippen LogP contribution in [0.25, 0.3) is 0 Å². The van der Waals surface area contributed by atoms with Gasteiger partial charge in [-0.3, -0.25) is 24.1 Å². The fourth-order valence-corrected chi connectivity index (χ4v) is 2.51. The second-order valence-electron chi connectivity index (χ2n) is 6.83. The van der Waals surface area contributed by atoms with E-state index in [4.69, 9.17) is 6.42 Å². The molecule has 0 unspecified atom stereocenters. The fraction of sp³-hybridized carbons (Fsp3) is 0.714. The van der Waals surface area contributed by atoms with E-state index in [0.29, 0.717) is 58.9 Å². The minimum absolute atomic E-state index is 0.107. The van der Waals surface area contributed by atoms with Crippen LogP contribution in [0, 0.1) is 12.3 Å². The van der Waals surface area contributed by atoms with Gasteiger partial charge in [-0.2, -0.15) is 0 Å². The van der Waals surface area contributed by atoms with Crippen LogP contribution in [0.5, 0.6) is 0 Å². The molecule has 11 nitrogen and oxygen atoms in total. The van der Waals surface area contributed by atoms with Gasteiger partial charge in [0.15, 0.2) is 0 Å². The van der Waals surface area contributed by atoms with Crippen LogP contribution in [-0.2, 0) is 28.7 Å². The molecule has 0 aliphatic rings. The van der Waals surface area contributed by atoms with E-state index in [1.165, 1.54) is 14.2 Å². The molecule has 4 N–H and O–H groups in total. The maximum atomic E-state index is 12.0. The Bertz CT molecular complexity index is 564. The second kappa shape index (κ2) is 20.2. The van der Waals surface area contributed by atoms with Gasteiger partial charge in [-0.1, -0.05) is 5.92 Å². The smallest absolute Gasteiger partial charge is 0.306 e. The summed E-state index contributed by atoms with van der Waals surface area (Å²) in [5.74, 6) is 1.77. The summed E-state index contributed by atoms with van der Waals surface area (Å²) in [4.78, 5) is 47.8. The first-order chi connectivity index (χ1) is 15.4. The molecule has 0 atom stereocenters. The lowest BCUT2D eigenvalue weighted by Gasteiger charge is -2.19. The highest BCUT2D eigenvalue weighted by molar-refractivity contribution is 5.76. The number of methoxy groups -OCH3 is 2. The average molecular weight is 456 g/mol. The monoisotopic (exact) mass is 455 g/mol. The molecule has 0 aliphatic heterocycles. The lowest BCUT2D eigenvalue weighted by Crippen LogP contribution is -2.37. The molecule has 2 amide bonds. The van der Waals surface area contributed by atoms with Crippen molar-refractivity contribution in [1.82, 2.24) is 26.2 Å². The van der Waals surface area contributed by atoms with Crippen LogP contribution in [0.1, 0.15) is 25.7 Å². The van der Waals surface area contributed by atoms with Gasteiger partial charge < -0.3 is 30.7 Å². The van der Waals surface area contributed by atoms with Crippen molar-refractivity contribution in [2.45, 2.75) is 25.7 Å². The number of nitrogens with one attached hydrogen (secondary N) is 4. The molecule has 182 valence electrons. The number of carbonyl (C=O) groups excluding carboxylic acids is 4. The summed E-state index contributed by atoms with van der Waals surface area (Å²) in [5, 5.41) is 11.7. The van der Waals surface area contributed by atoms with Crippen molar-refractivity contribution >= 4 is 23.8 Å². The molecule has 0 aliphatic carbocycles. The zero-order valence-electron chi connectivity index (χ0n) is 19.2. The first-order valence-corrected chi connectivity index (χ1v) is 10.7. The molecular formula is C21H37N5O6. The third-order valence-electron chi connectivity index (χ3n) is 4.34. The largest absolute Gasteiger partial charge is 0.469 e. The molecule has 0 saturated heterocycles. The Morgan fingerprint density at radius 3 is 1.53 bits per heavy atom. The number of nitrogens with zero attached hydrogens (tertiary/aromatic N) is 1. The van der Waals surface area contributed by atoms with Crippen molar-refractivity contribution in [2.75, 3.05) is 73.1 Å². The molecule has 0 saturated carbocycles. The van der Waals surface area contributed by atoms with Gasteiger partial charge >= 0.3 is 11.9 Å². The van der Waals surface area contributed by atoms with Gasteiger partial charge in [0.2, 0.25) is 11.8 Å². The van der Waals surface area contributed by atoms with E-state index in [-0.39, 0.29) is 49.4 Å². The molecule has 0 bridgehead atoms. The number of hydrogen-bond donors (Lipinski definition) is 4. The number of rotatable bonds is 19. The van der Waals surface area contributed by atoms with Gasteiger partial charge in [-0.15, -0.1) is 6.42 Å². The maximum absolute atomic E-state index is 12.0. The highest BCUT2D eigenvalue weighted by Crippen LogP contribution is 1.95. The second-order valence-corrected chi connectivity index (χ2v) is 6.83. The molecule has 0 fully saturated rings. The molecule has 32 heavy (non-hydrogen) atoms. The molecule has 0 radical (unpaired) electrons. The van der Waals surface area contributed by atoms with Crippen molar-refractivity contribution in [3.63, 3.8) is 0 Å². The van der Waals surface area contributed by atoms with Crippen molar-refractivity contribution < 1.29 is 28.7 Å². The van der Waals surface area contributed by atoms with E-state index in [1.807, 2.05) is 4.90 Å². The van der Waals surface area contributed by atoms with Crippen LogP contribution in [-0.4, -0.2) is 102 Å². The number of ether oxygens (including phenoxy) is 2. The summed E-state index contributed by atoms with van der Waals surface area (Å²) in [5.41, 5.74) is 0. The van der Waals surface area contributed by atoms with Crippen molar-refractivity contribution in [1.29, 1.82) is 0 Å². The minimum atomic E-state index is -0.281. The molecule has 0 rings (SSSR count). The number of hydrogen-bond acceptors (Lipinski definition) is 9. The molecule has 11 heteroatoms. The number of carbonyl (C=O) groups is 4. The third-order valence-corrected chi connectivity index (χ3v) is 4.34.